The monoisotopic (exact) mass is 371 g/mol. The molecule has 26 heavy (non-hydrogen) atoms. The van der Waals surface area contributed by atoms with Crippen molar-refractivity contribution < 1.29 is 27.2 Å². The first-order chi connectivity index (χ1) is 12.1. The average Bonchev–Trinajstić information content (AvgIpc) is 2.51. The Morgan fingerprint density at radius 2 is 1.85 bits per heavy atom. The van der Waals surface area contributed by atoms with Crippen LogP contribution in [0.3, 0.4) is 0 Å². The zero-order chi connectivity index (χ0) is 19.5. The number of anilines is 2. The molecular formula is C16H13F4N3O3. The lowest BCUT2D eigenvalue weighted by Gasteiger charge is -2.12. The number of pyridine rings is 1. The molecule has 138 valence electrons. The molecule has 1 heterocycles. The van der Waals surface area contributed by atoms with Crippen LogP contribution in [0.5, 0.6) is 0 Å². The molecule has 2 N–H and O–H groups in total. The van der Waals surface area contributed by atoms with Crippen LogP contribution in [0, 0.1) is 5.82 Å². The van der Waals surface area contributed by atoms with Gasteiger partial charge in [0.2, 0.25) is 11.8 Å². The molecule has 10 heteroatoms. The van der Waals surface area contributed by atoms with Crippen molar-refractivity contribution in [1.29, 1.82) is 0 Å². The average molecular weight is 371 g/mol. The van der Waals surface area contributed by atoms with Crippen LogP contribution in [-0.2, 0) is 22.3 Å². The van der Waals surface area contributed by atoms with Crippen LogP contribution >= 0.6 is 0 Å². The minimum Gasteiger partial charge on any atom is -0.326 e. The second kappa shape index (κ2) is 7.38. The molecule has 0 aliphatic rings. The molecule has 0 radical (unpaired) electrons. The molecule has 1 aromatic heterocycles. The number of rotatable bonds is 4. The van der Waals surface area contributed by atoms with Gasteiger partial charge < -0.3 is 15.2 Å². The van der Waals surface area contributed by atoms with Gasteiger partial charge in [0.1, 0.15) is 17.9 Å². The Bertz CT molecular complexity index is 906. The topological polar surface area (TPSA) is 80.2 Å². The van der Waals surface area contributed by atoms with Gasteiger partial charge in [-0.1, -0.05) is 0 Å². The van der Waals surface area contributed by atoms with Crippen molar-refractivity contribution in [3.05, 3.63) is 58.3 Å². The van der Waals surface area contributed by atoms with Gasteiger partial charge in [0.05, 0.1) is 5.69 Å². The zero-order valence-electron chi connectivity index (χ0n) is 13.4. The van der Waals surface area contributed by atoms with E-state index in [4.69, 9.17) is 0 Å². The summed E-state index contributed by atoms with van der Waals surface area (Å²) in [7, 11) is 0. The van der Waals surface area contributed by atoms with Crippen molar-refractivity contribution in [3.63, 3.8) is 0 Å². The highest BCUT2D eigenvalue weighted by atomic mass is 19.4. The first kappa shape index (κ1) is 19.2. The van der Waals surface area contributed by atoms with Gasteiger partial charge in [0.25, 0.3) is 5.56 Å². The van der Waals surface area contributed by atoms with E-state index in [9.17, 15) is 31.9 Å². The molecule has 0 aliphatic heterocycles. The first-order valence-corrected chi connectivity index (χ1v) is 7.21. The molecule has 0 unspecified atom stereocenters. The number of benzene rings is 1. The Labute approximate surface area is 144 Å². The van der Waals surface area contributed by atoms with Gasteiger partial charge in [-0.25, -0.2) is 4.39 Å². The number of hydrogen-bond donors (Lipinski definition) is 2. The maximum absolute atomic E-state index is 13.8. The fraction of sp³-hybridized carbons (Fsp3) is 0.188. The smallest absolute Gasteiger partial charge is 0.326 e. The standard InChI is InChI=1S/C16H13F4N3O3/c1-9(24)21-10-4-5-12(17)13(7-10)22-14(25)8-23-6-2-3-11(15(23)26)16(18,19)20/h2-7H,8H2,1H3,(H,21,24)(H,22,25). The van der Waals surface area contributed by atoms with Crippen LogP contribution in [0.4, 0.5) is 28.9 Å². The normalized spacial score (nSPS) is 11.1. The van der Waals surface area contributed by atoms with E-state index >= 15 is 0 Å². The van der Waals surface area contributed by atoms with E-state index in [0.29, 0.717) is 10.6 Å². The van der Waals surface area contributed by atoms with Crippen molar-refractivity contribution in [2.45, 2.75) is 19.6 Å². The predicted octanol–water partition coefficient (Wildman–Crippen LogP) is 2.60. The van der Waals surface area contributed by atoms with Crippen LogP contribution in [-0.4, -0.2) is 16.4 Å². The number of carbonyl (C=O) groups excluding carboxylic acids is 2. The zero-order valence-corrected chi connectivity index (χ0v) is 13.4. The summed E-state index contributed by atoms with van der Waals surface area (Å²) in [6, 6.07) is 4.99. The summed E-state index contributed by atoms with van der Waals surface area (Å²) in [6.45, 7) is 0.494. The molecule has 0 aliphatic carbocycles. The van der Waals surface area contributed by atoms with Crippen LogP contribution in [0.2, 0.25) is 0 Å². The van der Waals surface area contributed by atoms with Gasteiger partial charge in [0.15, 0.2) is 0 Å². The number of aromatic nitrogens is 1. The molecule has 0 saturated heterocycles. The highest BCUT2D eigenvalue weighted by molar-refractivity contribution is 5.93. The number of amides is 2. The van der Waals surface area contributed by atoms with E-state index in [2.05, 4.69) is 10.6 Å². The van der Waals surface area contributed by atoms with E-state index in [1.165, 1.54) is 13.0 Å². The number of alkyl halides is 3. The van der Waals surface area contributed by atoms with Gasteiger partial charge in [-0.15, -0.1) is 0 Å². The maximum atomic E-state index is 13.8. The number of hydrogen-bond acceptors (Lipinski definition) is 3. The first-order valence-electron chi connectivity index (χ1n) is 7.21. The second-order valence-electron chi connectivity index (χ2n) is 5.28. The number of halogens is 4. The summed E-state index contributed by atoms with van der Waals surface area (Å²) in [5, 5.41) is 4.54. The van der Waals surface area contributed by atoms with Gasteiger partial charge >= 0.3 is 6.18 Å². The summed E-state index contributed by atoms with van der Waals surface area (Å²) >= 11 is 0. The Morgan fingerprint density at radius 3 is 2.46 bits per heavy atom. The molecule has 2 rings (SSSR count). The third-order valence-corrected chi connectivity index (χ3v) is 3.20. The minimum absolute atomic E-state index is 0.213. The SMILES string of the molecule is CC(=O)Nc1ccc(F)c(NC(=O)Cn2cccc(C(F)(F)F)c2=O)c1. The third kappa shape index (κ3) is 4.68. The Balaban J connectivity index is 2.20. The Kier molecular flexibility index (Phi) is 5.44. The molecule has 2 aromatic rings. The molecule has 0 bridgehead atoms. The van der Waals surface area contributed by atoms with Crippen LogP contribution in [0.25, 0.3) is 0 Å². The van der Waals surface area contributed by atoms with E-state index in [1.807, 2.05) is 0 Å². The molecule has 2 amide bonds. The summed E-state index contributed by atoms with van der Waals surface area (Å²) in [5.41, 5.74) is -2.87. The number of nitrogens with one attached hydrogen (secondary N) is 2. The van der Waals surface area contributed by atoms with Gasteiger partial charge in [-0.3, -0.25) is 14.4 Å². The quantitative estimate of drug-likeness (QED) is 0.811. The number of carbonyl (C=O) groups is 2. The summed E-state index contributed by atoms with van der Waals surface area (Å²) in [4.78, 5) is 34.8. The highest BCUT2D eigenvalue weighted by Crippen LogP contribution is 2.26. The van der Waals surface area contributed by atoms with Crippen LogP contribution in [0.1, 0.15) is 12.5 Å². The highest BCUT2D eigenvalue weighted by Gasteiger charge is 2.34. The lowest BCUT2D eigenvalue weighted by Crippen LogP contribution is -2.32. The summed E-state index contributed by atoms with van der Waals surface area (Å²) in [5.74, 6) is -2.14. The van der Waals surface area contributed by atoms with E-state index in [0.717, 1.165) is 24.4 Å². The molecular weight excluding hydrogens is 358 g/mol. The van der Waals surface area contributed by atoms with Gasteiger partial charge in [-0.05, 0) is 30.3 Å². The molecule has 0 fully saturated rings. The minimum atomic E-state index is -4.85. The maximum Gasteiger partial charge on any atom is 0.421 e. The second-order valence-corrected chi connectivity index (χ2v) is 5.28. The fourth-order valence-electron chi connectivity index (χ4n) is 2.12. The molecule has 0 atom stereocenters. The molecule has 6 nitrogen and oxygen atoms in total. The van der Waals surface area contributed by atoms with E-state index in [-0.39, 0.29) is 11.4 Å². The largest absolute Gasteiger partial charge is 0.421 e. The molecule has 1 aromatic carbocycles. The van der Waals surface area contributed by atoms with Crippen molar-refractivity contribution in [1.82, 2.24) is 4.57 Å². The lowest BCUT2D eigenvalue weighted by atomic mass is 10.2. The molecule has 0 saturated carbocycles. The number of nitrogens with zero attached hydrogens (tertiary/aromatic N) is 1. The predicted molar refractivity (Wildman–Crippen MR) is 85.0 cm³/mol. The van der Waals surface area contributed by atoms with Crippen molar-refractivity contribution in [2.24, 2.45) is 0 Å². The van der Waals surface area contributed by atoms with E-state index in [1.54, 1.807) is 0 Å². The van der Waals surface area contributed by atoms with Crippen molar-refractivity contribution in [2.75, 3.05) is 10.6 Å². The van der Waals surface area contributed by atoms with Crippen molar-refractivity contribution in [3.8, 4) is 0 Å². The summed E-state index contributed by atoms with van der Waals surface area (Å²) in [6.07, 6.45) is -3.84. The van der Waals surface area contributed by atoms with Gasteiger partial charge in [0, 0.05) is 18.8 Å². The van der Waals surface area contributed by atoms with E-state index < -0.39 is 41.5 Å². The lowest BCUT2D eigenvalue weighted by molar-refractivity contribution is -0.139. The Hall–Kier alpha value is -3.17. The van der Waals surface area contributed by atoms with Gasteiger partial charge in [-0.2, -0.15) is 13.2 Å². The van der Waals surface area contributed by atoms with Crippen LogP contribution < -0.4 is 16.2 Å². The van der Waals surface area contributed by atoms with Crippen LogP contribution in [0.15, 0.2) is 41.3 Å². The fourth-order valence-corrected chi connectivity index (χ4v) is 2.12. The Morgan fingerprint density at radius 1 is 1.15 bits per heavy atom. The third-order valence-electron chi connectivity index (χ3n) is 3.20. The molecule has 0 spiro atoms. The summed E-state index contributed by atoms with van der Waals surface area (Å²) < 4.78 is 52.5. The van der Waals surface area contributed by atoms with Crippen molar-refractivity contribution >= 4 is 23.2 Å².